The van der Waals surface area contributed by atoms with Crippen molar-refractivity contribution in [2.24, 2.45) is 0 Å². The van der Waals surface area contributed by atoms with Crippen molar-refractivity contribution in [1.29, 1.82) is 0 Å². The molecule has 1 fully saturated rings. The average molecular weight is 335 g/mol. The molecular formula is C18H29N3O3. The van der Waals surface area contributed by atoms with Gasteiger partial charge in [0.1, 0.15) is 5.60 Å². The van der Waals surface area contributed by atoms with Gasteiger partial charge in [-0.15, -0.1) is 0 Å². The van der Waals surface area contributed by atoms with E-state index in [1.165, 1.54) is 5.56 Å². The number of nitrogens with one attached hydrogen (secondary N) is 1. The minimum Gasteiger partial charge on any atom is -0.444 e. The molecule has 24 heavy (non-hydrogen) atoms. The van der Waals surface area contributed by atoms with Crippen LogP contribution in [0.3, 0.4) is 0 Å². The van der Waals surface area contributed by atoms with Gasteiger partial charge in [0.05, 0.1) is 12.1 Å². The summed E-state index contributed by atoms with van der Waals surface area (Å²) in [5.74, 6) is 0. The zero-order chi connectivity index (χ0) is 17.8. The fraction of sp³-hybridized carbons (Fsp3) is 0.611. The number of carbonyl (C=O) groups excluding carboxylic acids is 1. The number of hydroxylamine groups is 1. The second-order valence-electron chi connectivity index (χ2n) is 7.40. The highest BCUT2D eigenvalue weighted by molar-refractivity contribution is 5.69. The topological polar surface area (TPSA) is 54.0 Å². The molecule has 1 aliphatic rings. The van der Waals surface area contributed by atoms with Crippen LogP contribution in [-0.2, 0) is 16.1 Å². The zero-order valence-corrected chi connectivity index (χ0v) is 15.3. The molecule has 0 spiro atoms. The Hall–Kier alpha value is -1.63. The van der Waals surface area contributed by atoms with Gasteiger partial charge in [-0.2, -0.15) is 0 Å². The van der Waals surface area contributed by atoms with Gasteiger partial charge in [0, 0.05) is 26.7 Å². The third-order valence-corrected chi connectivity index (χ3v) is 4.18. The molecule has 0 atom stereocenters. The third-order valence-electron chi connectivity index (χ3n) is 4.18. The molecule has 1 saturated heterocycles. The Kier molecular flexibility index (Phi) is 5.85. The molecule has 6 nitrogen and oxygen atoms in total. The van der Waals surface area contributed by atoms with E-state index >= 15 is 0 Å². The maximum Gasteiger partial charge on any atom is 0.410 e. The van der Waals surface area contributed by atoms with E-state index in [2.05, 4.69) is 29.6 Å². The summed E-state index contributed by atoms with van der Waals surface area (Å²) >= 11 is 0. The maximum atomic E-state index is 12.2. The molecule has 1 amide bonds. The first kappa shape index (κ1) is 18.7. The van der Waals surface area contributed by atoms with E-state index in [0.717, 1.165) is 6.54 Å². The number of ether oxygens (including phenoxy) is 1. The van der Waals surface area contributed by atoms with Crippen LogP contribution in [0.15, 0.2) is 30.3 Å². The fourth-order valence-electron chi connectivity index (χ4n) is 2.79. The van der Waals surface area contributed by atoms with Crippen LogP contribution in [0.4, 0.5) is 4.79 Å². The van der Waals surface area contributed by atoms with E-state index in [-0.39, 0.29) is 11.6 Å². The summed E-state index contributed by atoms with van der Waals surface area (Å²) < 4.78 is 5.45. The van der Waals surface area contributed by atoms with Gasteiger partial charge in [0.25, 0.3) is 0 Å². The van der Waals surface area contributed by atoms with Gasteiger partial charge in [-0.1, -0.05) is 30.3 Å². The lowest BCUT2D eigenvalue weighted by Crippen LogP contribution is -2.72. The van der Waals surface area contributed by atoms with Crippen LogP contribution in [0, 0.1) is 0 Å². The van der Waals surface area contributed by atoms with Crippen LogP contribution >= 0.6 is 0 Å². The van der Waals surface area contributed by atoms with Crippen LogP contribution < -0.4 is 5.48 Å². The molecule has 1 aliphatic heterocycles. The molecular weight excluding hydrogens is 306 g/mol. The van der Waals surface area contributed by atoms with Gasteiger partial charge >= 0.3 is 6.09 Å². The van der Waals surface area contributed by atoms with Gasteiger partial charge in [-0.3, -0.25) is 9.74 Å². The van der Waals surface area contributed by atoms with Crippen molar-refractivity contribution in [2.75, 3.05) is 33.8 Å². The average Bonchev–Trinajstić information content (AvgIpc) is 2.45. The molecule has 1 aromatic carbocycles. The number of benzene rings is 1. The van der Waals surface area contributed by atoms with Crippen LogP contribution in [-0.4, -0.2) is 60.8 Å². The first-order chi connectivity index (χ1) is 11.3. The number of amides is 1. The minimum absolute atomic E-state index is 0.213. The fourth-order valence-corrected chi connectivity index (χ4v) is 2.79. The first-order valence-corrected chi connectivity index (χ1v) is 8.27. The Morgan fingerprint density at radius 1 is 1.29 bits per heavy atom. The molecule has 1 aromatic rings. The molecule has 0 saturated carbocycles. The Labute approximate surface area is 144 Å². The van der Waals surface area contributed by atoms with Gasteiger partial charge in [-0.25, -0.2) is 10.3 Å². The van der Waals surface area contributed by atoms with Crippen LogP contribution in [0.1, 0.15) is 26.3 Å². The van der Waals surface area contributed by atoms with Crippen molar-refractivity contribution in [3.05, 3.63) is 35.9 Å². The molecule has 6 heteroatoms. The highest BCUT2D eigenvalue weighted by Crippen LogP contribution is 2.30. The lowest BCUT2D eigenvalue weighted by molar-refractivity contribution is -0.111. The number of carbonyl (C=O) groups is 1. The lowest BCUT2D eigenvalue weighted by Gasteiger charge is -2.54. The summed E-state index contributed by atoms with van der Waals surface area (Å²) in [6.45, 7) is 8.12. The van der Waals surface area contributed by atoms with Gasteiger partial charge in [0.15, 0.2) is 0 Å². The Morgan fingerprint density at radius 2 is 1.92 bits per heavy atom. The summed E-state index contributed by atoms with van der Waals surface area (Å²) in [6, 6.07) is 10.3. The van der Waals surface area contributed by atoms with E-state index in [1.807, 2.05) is 39.0 Å². The highest BCUT2D eigenvalue weighted by Gasteiger charge is 2.49. The number of hydrogen-bond acceptors (Lipinski definition) is 5. The molecule has 1 heterocycles. The molecule has 0 bridgehead atoms. The predicted molar refractivity (Wildman–Crippen MR) is 93.5 cm³/mol. The molecule has 0 radical (unpaired) electrons. The Morgan fingerprint density at radius 3 is 2.46 bits per heavy atom. The number of rotatable bonds is 6. The van der Waals surface area contributed by atoms with Crippen molar-refractivity contribution >= 4 is 6.09 Å². The minimum atomic E-state index is -0.479. The molecule has 1 N–H and O–H groups in total. The lowest BCUT2D eigenvalue weighted by atomic mass is 9.88. The third kappa shape index (κ3) is 4.69. The second-order valence-corrected chi connectivity index (χ2v) is 7.40. The maximum absolute atomic E-state index is 12.2. The van der Waals surface area contributed by atoms with Crippen LogP contribution in [0.2, 0.25) is 0 Å². The quantitative estimate of drug-likeness (QED) is 0.808. The van der Waals surface area contributed by atoms with Crippen LogP contribution in [0.25, 0.3) is 0 Å². The predicted octanol–water partition coefficient (Wildman–Crippen LogP) is 2.26. The normalized spacial score (nSPS) is 16.8. The van der Waals surface area contributed by atoms with E-state index < -0.39 is 5.60 Å². The highest BCUT2D eigenvalue weighted by atomic mass is 16.6. The van der Waals surface area contributed by atoms with Crippen molar-refractivity contribution < 1.29 is 14.4 Å². The molecule has 0 aliphatic carbocycles. The smallest absolute Gasteiger partial charge is 0.410 e. The summed E-state index contributed by atoms with van der Waals surface area (Å²) in [5.41, 5.74) is 3.28. The summed E-state index contributed by atoms with van der Waals surface area (Å²) in [4.78, 5) is 21.6. The Balaban J connectivity index is 2.00. The monoisotopic (exact) mass is 335 g/mol. The number of nitrogens with zero attached hydrogens (tertiary/aromatic N) is 2. The second kappa shape index (κ2) is 7.51. The standard InChI is InChI=1S/C18H29N3O3/c1-17(2,3)24-16(22)21-12-18(13-21,14-23-19-4)20(5)11-15-9-7-6-8-10-15/h6-10,19H,11-14H2,1-5H3. The summed E-state index contributed by atoms with van der Waals surface area (Å²) in [6.07, 6.45) is -0.268. The zero-order valence-electron chi connectivity index (χ0n) is 15.3. The van der Waals surface area contributed by atoms with E-state index in [4.69, 9.17) is 9.57 Å². The number of likely N-dealkylation sites (N-methyl/N-ethyl adjacent to an activating group) is 1. The Bertz CT molecular complexity index is 536. The van der Waals surface area contributed by atoms with E-state index in [1.54, 1.807) is 11.9 Å². The van der Waals surface area contributed by atoms with Gasteiger partial charge in [0.2, 0.25) is 0 Å². The van der Waals surface area contributed by atoms with Gasteiger partial charge < -0.3 is 9.64 Å². The van der Waals surface area contributed by atoms with Gasteiger partial charge in [-0.05, 0) is 33.4 Å². The largest absolute Gasteiger partial charge is 0.444 e. The van der Waals surface area contributed by atoms with E-state index in [9.17, 15) is 4.79 Å². The molecule has 0 aromatic heterocycles. The van der Waals surface area contributed by atoms with E-state index in [0.29, 0.717) is 19.7 Å². The number of likely N-dealkylation sites (tertiary alicyclic amines) is 1. The summed E-state index contributed by atoms with van der Waals surface area (Å²) in [5, 5.41) is 0. The molecule has 2 rings (SSSR count). The molecule has 134 valence electrons. The van der Waals surface area contributed by atoms with Crippen molar-refractivity contribution in [2.45, 2.75) is 38.5 Å². The van der Waals surface area contributed by atoms with Crippen molar-refractivity contribution in [3.8, 4) is 0 Å². The van der Waals surface area contributed by atoms with Crippen molar-refractivity contribution in [3.63, 3.8) is 0 Å². The number of hydrogen-bond donors (Lipinski definition) is 1. The van der Waals surface area contributed by atoms with Crippen molar-refractivity contribution in [1.82, 2.24) is 15.3 Å². The van der Waals surface area contributed by atoms with Crippen LogP contribution in [0.5, 0.6) is 0 Å². The first-order valence-electron chi connectivity index (χ1n) is 8.27. The SMILES string of the molecule is CNOCC1(N(C)Cc2ccccc2)CN(C(=O)OC(C)(C)C)C1. The molecule has 0 unspecified atom stereocenters. The summed E-state index contributed by atoms with van der Waals surface area (Å²) in [7, 11) is 3.81.